The number of aromatic nitrogens is 1. The van der Waals surface area contributed by atoms with Crippen LogP contribution in [0.3, 0.4) is 0 Å². The Bertz CT molecular complexity index is 1350. The molecule has 0 fully saturated rings. The van der Waals surface area contributed by atoms with E-state index < -0.39 is 0 Å². The molecular formula is C31H26N2. The number of hydrogen-bond acceptors (Lipinski definition) is 2. The van der Waals surface area contributed by atoms with Gasteiger partial charge in [0.1, 0.15) is 0 Å². The van der Waals surface area contributed by atoms with Crippen molar-refractivity contribution >= 4 is 40.1 Å². The number of pyridine rings is 1. The Balaban J connectivity index is 1.44. The Labute approximate surface area is 195 Å². The molecule has 5 rings (SSSR count). The van der Waals surface area contributed by atoms with Gasteiger partial charge in [-0.2, -0.15) is 0 Å². The predicted octanol–water partition coefficient (Wildman–Crippen LogP) is 8.49. The van der Waals surface area contributed by atoms with E-state index in [1.807, 2.05) is 18.2 Å². The number of nitrogens with zero attached hydrogens (tertiary/aromatic N) is 2. The fourth-order valence-corrected chi connectivity index (χ4v) is 3.93. The molecule has 33 heavy (non-hydrogen) atoms. The van der Waals surface area contributed by atoms with Crippen LogP contribution < -0.4 is 4.90 Å². The normalized spacial score (nSPS) is 11.2. The third kappa shape index (κ3) is 4.70. The lowest BCUT2D eigenvalue weighted by Crippen LogP contribution is -2.09. The fraction of sp³-hybridized carbons (Fsp3) is 0.0645. The maximum atomic E-state index is 4.73. The lowest BCUT2D eigenvalue weighted by atomic mass is 10.1. The molecule has 0 aliphatic rings. The van der Waals surface area contributed by atoms with Gasteiger partial charge < -0.3 is 4.90 Å². The van der Waals surface area contributed by atoms with Gasteiger partial charge in [0.25, 0.3) is 0 Å². The summed E-state index contributed by atoms with van der Waals surface area (Å²) in [6.07, 6.45) is 4.18. The largest absolute Gasteiger partial charge is 0.311 e. The third-order valence-corrected chi connectivity index (χ3v) is 5.80. The van der Waals surface area contributed by atoms with E-state index in [4.69, 9.17) is 4.98 Å². The van der Waals surface area contributed by atoms with Gasteiger partial charge in [-0.3, -0.25) is 0 Å². The second-order valence-corrected chi connectivity index (χ2v) is 8.36. The Morgan fingerprint density at radius 1 is 0.545 bits per heavy atom. The maximum absolute atomic E-state index is 4.73. The van der Waals surface area contributed by atoms with Crippen LogP contribution in [0.2, 0.25) is 0 Å². The van der Waals surface area contributed by atoms with Crippen molar-refractivity contribution in [1.29, 1.82) is 0 Å². The smallest absolute Gasteiger partial charge is 0.0709 e. The fourth-order valence-electron chi connectivity index (χ4n) is 3.93. The van der Waals surface area contributed by atoms with Crippen molar-refractivity contribution in [2.75, 3.05) is 4.90 Å². The highest BCUT2D eigenvalue weighted by molar-refractivity contribution is 5.81. The van der Waals surface area contributed by atoms with Crippen LogP contribution in [0.15, 0.2) is 109 Å². The molecule has 0 atom stereocenters. The predicted molar refractivity (Wildman–Crippen MR) is 141 cm³/mol. The van der Waals surface area contributed by atoms with Gasteiger partial charge in [-0.05, 0) is 74.0 Å². The summed E-state index contributed by atoms with van der Waals surface area (Å²) < 4.78 is 0. The maximum Gasteiger partial charge on any atom is 0.0709 e. The molecule has 0 radical (unpaired) electrons. The number of para-hydroxylation sites is 1. The molecular weight excluding hydrogens is 400 g/mol. The van der Waals surface area contributed by atoms with Gasteiger partial charge in [-0.1, -0.05) is 77.9 Å². The molecule has 0 N–H and O–H groups in total. The van der Waals surface area contributed by atoms with Gasteiger partial charge in [0.05, 0.1) is 11.2 Å². The third-order valence-electron chi connectivity index (χ3n) is 5.80. The lowest BCUT2D eigenvalue weighted by molar-refractivity contribution is 1.27. The Kier molecular flexibility index (Phi) is 5.73. The van der Waals surface area contributed by atoms with E-state index in [2.05, 4.69) is 122 Å². The second kappa shape index (κ2) is 9.13. The molecule has 0 saturated heterocycles. The van der Waals surface area contributed by atoms with Crippen molar-refractivity contribution in [3.63, 3.8) is 0 Å². The minimum Gasteiger partial charge on any atom is -0.311 e. The van der Waals surface area contributed by atoms with Crippen LogP contribution in [-0.2, 0) is 0 Å². The van der Waals surface area contributed by atoms with Crippen LogP contribution in [0.1, 0.15) is 22.4 Å². The minimum atomic E-state index is 0.957. The molecule has 160 valence electrons. The first-order chi connectivity index (χ1) is 16.2. The number of fused-ring (bicyclic) bond motifs is 1. The standard InChI is InChI=1S/C31H26N2/c1-23-7-17-28(18-8-23)33(29-19-9-24(2)10-20-29)30-21-12-25(13-22-30)11-15-27-16-14-26-5-3-4-6-31(26)32-27/h3-22H,1-2H3. The van der Waals surface area contributed by atoms with Gasteiger partial charge in [0, 0.05) is 22.4 Å². The van der Waals surface area contributed by atoms with Crippen LogP contribution in [0, 0.1) is 13.8 Å². The van der Waals surface area contributed by atoms with E-state index in [-0.39, 0.29) is 0 Å². The summed E-state index contributed by atoms with van der Waals surface area (Å²) >= 11 is 0. The van der Waals surface area contributed by atoms with Crippen molar-refractivity contribution in [3.05, 3.63) is 132 Å². The molecule has 0 aliphatic heterocycles. The van der Waals surface area contributed by atoms with Gasteiger partial charge in [-0.15, -0.1) is 0 Å². The number of aryl methyl sites for hydroxylation is 2. The Morgan fingerprint density at radius 2 is 1.09 bits per heavy atom. The van der Waals surface area contributed by atoms with Crippen molar-refractivity contribution in [2.24, 2.45) is 0 Å². The highest BCUT2D eigenvalue weighted by Crippen LogP contribution is 2.34. The zero-order chi connectivity index (χ0) is 22.6. The first kappa shape index (κ1) is 20.7. The summed E-state index contributed by atoms with van der Waals surface area (Å²) in [5.41, 5.74) is 9.04. The minimum absolute atomic E-state index is 0.957. The van der Waals surface area contributed by atoms with E-state index in [9.17, 15) is 0 Å². The molecule has 0 bridgehead atoms. The number of anilines is 3. The van der Waals surface area contributed by atoms with E-state index in [0.29, 0.717) is 0 Å². The van der Waals surface area contributed by atoms with E-state index in [1.165, 1.54) is 11.1 Å². The summed E-state index contributed by atoms with van der Waals surface area (Å²) in [5.74, 6) is 0. The van der Waals surface area contributed by atoms with E-state index >= 15 is 0 Å². The topological polar surface area (TPSA) is 16.1 Å². The Hall–Kier alpha value is -4.17. The summed E-state index contributed by atoms with van der Waals surface area (Å²) in [5, 5.41) is 1.16. The molecule has 1 heterocycles. The molecule has 4 aromatic carbocycles. The SMILES string of the molecule is Cc1ccc(N(c2ccc(C)cc2)c2ccc(C=Cc3ccc4ccccc4n3)cc2)cc1. The summed E-state index contributed by atoms with van der Waals surface area (Å²) in [6.45, 7) is 4.23. The first-order valence-electron chi connectivity index (χ1n) is 11.2. The lowest BCUT2D eigenvalue weighted by Gasteiger charge is -2.25. The van der Waals surface area contributed by atoms with Crippen molar-refractivity contribution in [1.82, 2.24) is 4.98 Å². The number of hydrogen-bond donors (Lipinski definition) is 0. The summed E-state index contributed by atoms with van der Waals surface area (Å²) in [4.78, 5) is 7.02. The van der Waals surface area contributed by atoms with Crippen LogP contribution >= 0.6 is 0 Å². The van der Waals surface area contributed by atoms with Crippen LogP contribution in [-0.4, -0.2) is 4.98 Å². The van der Waals surface area contributed by atoms with Crippen molar-refractivity contribution in [2.45, 2.75) is 13.8 Å². The number of benzene rings is 4. The van der Waals surface area contributed by atoms with E-state index in [0.717, 1.165) is 39.2 Å². The summed E-state index contributed by atoms with van der Waals surface area (Å²) in [6, 6.07) is 38.4. The monoisotopic (exact) mass is 426 g/mol. The molecule has 5 aromatic rings. The highest BCUT2D eigenvalue weighted by atomic mass is 15.1. The van der Waals surface area contributed by atoms with Gasteiger partial charge in [0.15, 0.2) is 0 Å². The van der Waals surface area contributed by atoms with Gasteiger partial charge in [-0.25, -0.2) is 4.98 Å². The number of rotatable bonds is 5. The first-order valence-corrected chi connectivity index (χ1v) is 11.2. The molecule has 0 unspecified atom stereocenters. The molecule has 0 spiro atoms. The van der Waals surface area contributed by atoms with Gasteiger partial charge >= 0.3 is 0 Å². The highest BCUT2D eigenvalue weighted by Gasteiger charge is 2.12. The average molecular weight is 427 g/mol. The molecule has 0 aliphatic carbocycles. The van der Waals surface area contributed by atoms with E-state index in [1.54, 1.807) is 0 Å². The van der Waals surface area contributed by atoms with Crippen LogP contribution in [0.25, 0.3) is 23.1 Å². The molecule has 1 aromatic heterocycles. The molecule has 0 saturated carbocycles. The van der Waals surface area contributed by atoms with Crippen LogP contribution in [0.4, 0.5) is 17.1 Å². The average Bonchev–Trinajstić information content (AvgIpc) is 2.86. The molecule has 2 heteroatoms. The Morgan fingerprint density at radius 3 is 1.70 bits per heavy atom. The van der Waals surface area contributed by atoms with Crippen molar-refractivity contribution < 1.29 is 0 Å². The quantitative estimate of drug-likeness (QED) is 0.280. The zero-order valence-corrected chi connectivity index (χ0v) is 18.9. The zero-order valence-electron chi connectivity index (χ0n) is 18.9. The molecule has 2 nitrogen and oxygen atoms in total. The van der Waals surface area contributed by atoms with Crippen LogP contribution in [0.5, 0.6) is 0 Å². The van der Waals surface area contributed by atoms with Gasteiger partial charge in [0.2, 0.25) is 0 Å². The second-order valence-electron chi connectivity index (χ2n) is 8.36. The summed E-state index contributed by atoms with van der Waals surface area (Å²) in [7, 11) is 0. The van der Waals surface area contributed by atoms with Crippen molar-refractivity contribution in [3.8, 4) is 0 Å². The molecule has 0 amide bonds.